The van der Waals surface area contributed by atoms with E-state index in [0.29, 0.717) is 20.8 Å². The Morgan fingerprint density at radius 1 is 1.20 bits per heavy atom. The van der Waals surface area contributed by atoms with Gasteiger partial charge in [-0.25, -0.2) is 0 Å². The van der Waals surface area contributed by atoms with Crippen molar-refractivity contribution in [2.75, 3.05) is 0 Å². The van der Waals surface area contributed by atoms with E-state index in [1.54, 1.807) is 16.7 Å². The van der Waals surface area contributed by atoms with Crippen LogP contribution in [0, 0.1) is 6.92 Å². The Labute approximate surface area is 126 Å². The van der Waals surface area contributed by atoms with E-state index >= 15 is 0 Å². The number of aromatic nitrogens is 1. The molecule has 20 heavy (non-hydrogen) atoms. The quantitative estimate of drug-likeness (QED) is 0.741. The molecule has 0 saturated carbocycles. The Morgan fingerprint density at radius 2 is 2.00 bits per heavy atom. The first-order valence-electron chi connectivity index (χ1n) is 6.47. The molecule has 0 atom stereocenters. The van der Waals surface area contributed by atoms with E-state index in [1.807, 2.05) is 25.1 Å². The number of fused-ring (bicyclic) bond motifs is 1. The van der Waals surface area contributed by atoms with Crippen LogP contribution in [0.3, 0.4) is 0 Å². The second-order valence-electron chi connectivity index (χ2n) is 4.81. The molecule has 1 aromatic heterocycles. The highest BCUT2D eigenvalue weighted by atomic mass is 35.5. The fourth-order valence-corrected chi connectivity index (χ4v) is 3.06. The molecule has 0 saturated heterocycles. The minimum atomic E-state index is -0.120. The van der Waals surface area contributed by atoms with Crippen molar-refractivity contribution >= 4 is 39.7 Å². The molecule has 0 fully saturated rings. The zero-order valence-electron chi connectivity index (χ0n) is 11.0. The van der Waals surface area contributed by atoms with Gasteiger partial charge in [0, 0.05) is 16.8 Å². The van der Waals surface area contributed by atoms with Crippen LogP contribution >= 0.6 is 23.2 Å². The highest BCUT2D eigenvalue weighted by molar-refractivity contribution is 6.39. The lowest BCUT2D eigenvalue weighted by atomic mass is 10.1. The fourth-order valence-electron chi connectivity index (χ4n) is 2.56. The van der Waals surface area contributed by atoms with Crippen LogP contribution in [0.15, 0.2) is 41.2 Å². The van der Waals surface area contributed by atoms with Crippen LogP contribution in [0.5, 0.6) is 0 Å². The van der Waals surface area contributed by atoms with Crippen molar-refractivity contribution in [1.82, 2.24) is 4.57 Å². The minimum absolute atomic E-state index is 0.120. The Hall–Kier alpha value is -1.51. The van der Waals surface area contributed by atoms with E-state index < -0.39 is 0 Å². The molecule has 2 nitrogen and oxygen atoms in total. The van der Waals surface area contributed by atoms with Crippen LogP contribution in [0.1, 0.15) is 18.5 Å². The second-order valence-corrected chi connectivity index (χ2v) is 5.60. The molecule has 1 aromatic carbocycles. The summed E-state index contributed by atoms with van der Waals surface area (Å²) in [5.41, 5.74) is 1.48. The van der Waals surface area contributed by atoms with Crippen LogP contribution < -0.4 is 5.56 Å². The molecule has 0 N–H and O–H groups in total. The molecular formula is C16H13Cl2NO. The highest BCUT2D eigenvalue weighted by Crippen LogP contribution is 2.30. The third-order valence-corrected chi connectivity index (χ3v) is 4.35. The average molecular weight is 306 g/mol. The molecule has 0 bridgehead atoms. The topological polar surface area (TPSA) is 22.0 Å². The maximum atomic E-state index is 12.8. The predicted molar refractivity (Wildman–Crippen MR) is 85.6 cm³/mol. The fraction of sp³-hybridized carbons (Fsp3) is 0.188. The first kappa shape index (κ1) is 13.5. The molecular weight excluding hydrogens is 293 g/mol. The van der Waals surface area contributed by atoms with Gasteiger partial charge in [-0.1, -0.05) is 47.5 Å². The molecule has 0 radical (unpaired) electrons. The van der Waals surface area contributed by atoms with E-state index in [1.165, 1.54) is 0 Å². The van der Waals surface area contributed by atoms with Crippen molar-refractivity contribution in [3.05, 3.63) is 62.5 Å². The van der Waals surface area contributed by atoms with Crippen LogP contribution in [0.25, 0.3) is 16.5 Å². The van der Waals surface area contributed by atoms with Crippen LogP contribution in [0.4, 0.5) is 0 Å². The molecule has 1 aliphatic rings. The molecule has 2 aromatic rings. The molecule has 0 spiro atoms. The first-order valence-corrected chi connectivity index (χ1v) is 7.23. The summed E-state index contributed by atoms with van der Waals surface area (Å²) in [6, 6.07) is 5.35. The lowest BCUT2D eigenvalue weighted by Gasteiger charge is -2.17. The van der Waals surface area contributed by atoms with Gasteiger partial charge in [-0.2, -0.15) is 0 Å². The summed E-state index contributed by atoms with van der Waals surface area (Å²) >= 11 is 12.6. The third-order valence-electron chi connectivity index (χ3n) is 3.55. The van der Waals surface area contributed by atoms with Gasteiger partial charge in [0.2, 0.25) is 0 Å². The lowest BCUT2D eigenvalue weighted by molar-refractivity contribution is 0.945. The molecule has 4 heteroatoms. The standard InChI is InChI=1S/C16H13Cl2NO/c1-10-15(18)12-8-5-9-13(17)14(12)16(20)19(10)11-6-3-2-4-7-11/h3,5-9H,2,4H2,1H3. The molecule has 1 heterocycles. The summed E-state index contributed by atoms with van der Waals surface area (Å²) in [7, 11) is 0. The summed E-state index contributed by atoms with van der Waals surface area (Å²) < 4.78 is 1.65. The van der Waals surface area contributed by atoms with Gasteiger partial charge in [0.25, 0.3) is 5.56 Å². The molecule has 0 aliphatic heterocycles. The number of nitrogens with zero attached hydrogens (tertiary/aromatic N) is 1. The predicted octanol–water partition coefficient (Wildman–Crippen LogP) is 4.81. The van der Waals surface area contributed by atoms with Crippen molar-refractivity contribution in [3.63, 3.8) is 0 Å². The van der Waals surface area contributed by atoms with E-state index in [-0.39, 0.29) is 5.56 Å². The number of hydrogen-bond acceptors (Lipinski definition) is 1. The van der Waals surface area contributed by atoms with E-state index in [9.17, 15) is 4.79 Å². The number of halogens is 2. The van der Waals surface area contributed by atoms with Gasteiger partial charge in [0.05, 0.1) is 15.4 Å². The maximum Gasteiger partial charge on any atom is 0.264 e. The second kappa shape index (κ2) is 5.12. The van der Waals surface area contributed by atoms with Gasteiger partial charge in [0.15, 0.2) is 0 Å². The van der Waals surface area contributed by atoms with Gasteiger partial charge in [-0.3, -0.25) is 9.36 Å². The van der Waals surface area contributed by atoms with E-state index in [2.05, 4.69) is 6.08 Å². The summed E-state index contributed by atoms with van der Waals surface area (Å²) in [6.45, 7) is 1.85. The van der Waals surface area contributed by atoms with Crippen LogP contribution in [-0.2, 0) is 0 Å². The van der Waals surface area contributed by atoms with Gasteiger partial charge in [-0.05, 0) is 31.9 Å². The maximum absolute atomic E-state index is 12.8. The van der Waals surface area contributed by atoms with Crippen LogP contribution in [-0.4, -0.2) is 4.57 Å². The normalized spacial score (nSPS) is 14.7. The Morgan fingerprint density at radius 3 is 2.70 bits per heavy atom. The zero-order valence-corrected chi connectivity index (χ0v) is 12.5. The number of allylic oxidation sites excluding steroid dienone is 4. The molecule has 102 valence electrons. The lowest BCUT2D eigenvalue weighted by Crippen LogP contribution is -2.22. The van der Waals surface area contributed by atoms with Gasteiger partial charge in [0.1, 0.15) is 0 Å². The number of benzene rings is 1. The monoisotopic (exact) mass is 305 g/mol. The Balaban J connectivity index is 2.45. The summed E-state index contributed by atoms with van der Waals surface area (Å²) in [6.07, 6.45) is 7.99. The largest absolute Gasteiger partial charge is 0.280 e. The number of rotatable bonds is 1. The van der Waals surface area contributed by atoms with E-state index in [4.69, 9.17) is 23.2 Å². The molecule has 1 aliphatic carbocycles. The highest BCUT2D eigenvalue weighted by Gasteiger charge is 2.16. The molecule has 0 amide bonds. The zero-order chi connectivity index (χ0) is 14.3. The van der Waals surface area contributed by atoms with Gasteiger partial charge >= 0.3 is 0 Å². The van der Waals surface area contributed by atoms with Gasteiger partial charge < -0.3 is 0 Å². The Kier molecular flexibility index (Phi) is 3.45. The molecule has 3 rings (SSSR count). The van der Waals surface area contributed by atoms with Crippen molar-refractivity contribution in [3.8, 4) is 0 Å². The Bertz CT molecular complexity index is 815. The molecule has 0 unspecified atom stereocenters. The smallest absolute Gasteiger partial charge is 0.264 e. The third kappa shape index (κ3) is 2.00. The number of hydrogen-bond donors (Lipinski definition) is 0. The average Bonchev–Trinajstić information content (AvgIpc) is 2.46. The van der Waals surface area contributed by atoms with Crippen molar-refractivity contribution < 1.29 is 0 Å². The summed E-state index contributed by atoms with van der Waals surface area (Å²) in [4.78, 5) is 12.8. The van der Waals surface area contributed by atoms with Crippen molar-refractivity contribution in [1.29, 1.82) is 0 Å². The summed E-state index contributed by atoms with van der Waals surface area (Å²) in [5, 5.41) is 2.19. The number of pyridine rings is 1. The minimum Gasteiger partial charge on any atom is -0.280 e. The van der Waals surface area contributed by atoms with Gasteiger partial charge in [-0.15, -0.1) is 0 Å². The summed E-state index contributed by atoms with van der Waals surface area (Å²) in [5.74, 6) is 0. The van der Waals surface area contributed by atoms with Crippen LogP contribution in [0.2, 0.25) is 10.0 Å². The first-order chi connectivity index (χ1) is 9.61. The van der Waals surface area contributed by atoms with E-state index in [0.717, 1.165) is 24.2 Å². The van der Waals surface area contributed by atoms with Crippen molar-refractivity contribution in [2.24, 2.45) is 0 Å². The van der Waals surface area contributed by atoms with Crippen molar-refractivity contribution in [2.45, 2.75) is 19.8 Å². The SMILES string of the molecule is Cc1c(Cl)c2cccc(Cl)c2c(=O)n1C1=CCCC=C1.